The molecular weight excluding hydrogens is 243 g/mol. The molecule has 1 aliphatic heterocycles. The fourth-order valence-corrected chi connectivity index (χ4v) is 3.37. The predicted octanol–water partition coefficient (Wildman–Crippen LogP) is 3.00. The Morgan fingerprint density at radius 3 is 2.56 bits per heavy atom. The third-order valence-corrected chi connectivity index (χ3v) is 4.43. The summed E-state index contributed by atoms with van der Waals surface area (Å²) in [5.41, 5.74) is -1.16. The van der Waals surface area contributed by atoms with Crippen LogP contribution in [0.2, 0.25) is 0 Å². The van der Waals surface area contributed by atoms with Gasteiger partial charge < -0.3 is 10.4 Å². The third kappa shape index (κ3) is 3.18. The molecule has 106 valence electrons. The fraction of sp³-hybridized carbons (Fsp3) is 1.00. The molecule has 0 amide bonds. The molecule has 0 aromatic carbocycles. The number of aliphatic hydroxyl groups is 1. The Bertz CT molecular complexity index is 274. The molecule has 0 aromatic rings. The van der Waals surface area contributed by atoms with E-state index in [2.05, 4.69) is 5.32 Å². The second-order valence-electron chi connectivity index (χ2n) is 5.79. The molecule has 1 saturated carbocycles. The zero-order valence-electron chi connectivity index (χ0n) is 10.6. The van der Waals surface area contributed by atoms with Crippen molar-refractivity contribution in [3.8, 4) is 0 Å². The van der Waals surface area contributed by atoms with Gasteiger partial charge in [-0.05, 0) is 45.1 Å². The molecular formula is C13H22F3NO. The maximum Gasteiger partial charge on any atom is 0.391 e. The fourth-order valence-electron chi connectivity index (χ4n) is 3.37. The molecule has 3 unspecified atom stereocenters. The van der Waals surface area contributed by atoms with E-state index in [0.717, 1.165) is 32.2 Å². The first-order valence-electron chi connectivity index (χ1n) is 6.94. The molecule has 5 heteroatoms. The summed E-state index contributed by atoms with van der Waals surface area (Å²) in [4.78, 5) is 0. The van der Waals surface area contributed by atoms with Gasteiger partial charge in [-0.1, -0.05) is 12.8 Å². The van der Waals surface area contributed by atoms with E-state index in [9.17, 15) is 18.3 Å². The lowest BCUT2D eigenvalue weighted by atomic mass is 9.73. The van der Waals surface area contributed by atoms with Crippen LogP contribution < -0.4 is 5.32 Å². The quantitative estimate of drug-likeness (QED) is 0.764. The molecule has 3 atom stereocenters. The Morgan fingerprint density at radius 1 is 1.06 bits per heavy atom. The van der Waals surface area contributed by atoms with Crippen LogP contribution in [0.1, 0.15) is 51.4 Å². The molecule has 0 radical (unpaired) electrons. The van der Waals surface area contributed by atoms with Crippen LogP contribution in [0.25, 0.3) is 0 Å². The highest BCUT2D eigenvalue weighted by Gasteiger charge is 2.49. The molecule has 0 bridgehead atoms. The van der Waals surface area contributed by atoms with Crippen molar-refractivity contribution in [1.82, 2.24) is 5.32 Å². The summed E-state index contributed by atoms with van der Waals surface area (Å²) >= 11 is 0. The first-order chi connectivity index (χ1) is 8.42. The number of rotatable bonds is 1. The molecule has 2 rings (SSSR count). The van der Waals surface area contributed by atoms with E-state index in [0.29, 0.717) is 12.8 Å². The van der Waals surface area contributed by atoms with Crippen molar-refractivity contribution < 1.29 is 18.3 Å². The smallest absolute Gasteiger partial charge is 0.388 e. The highest BCUT2D eigenvalue weighted by atomic mass is 19.4. The lowest BCUT2D eigenvalue weighted by molar-refractivity contribution is -0.203. The molecule has 1 saturated heterocycles. The first kappa shape index (κ1) is 14.1. The SMILES string of the molecule is OC1(C2CCCCCN2)CCCC(C(F)(F)F)C1. The number of hydrogen-bond donors (Lipinski definition) is 2. The number of nitrogens with one attached hydrogen (secondary N) is 1. The summed E-state index contributed by atoms with van der Waals surface area (Å²) in [6.45, 7) is 0.809. The zero-order chi connectivity index (χ0) is 13.2. The van der Waals surface area contributed by atoms with Crippen LogP contribution >= 0.6 is 0 Å². The van der Waals surface area contributed by atoms with Crippen molar-refractivity contribution in [2.24, 2.45) is 5.92 Å². The van der Waals surface area contributed by atoms with Crippen molar-refractivity contribution >= 4 is 0 Å². The average Bonchev–Trinajstić information content (AvgIpc) is 2.57. The lowest BCUT2D eigenvalue weighted by Gasteiger charge is -2.42. The van der Waals surface area contributed by atoms with Gasteiger partial charge in [0.1, 0.15) is 0 Å². The second-order valence-corrected chi connectivity index (χ2v) is 5.79. The Labute approximate surface area is 106 Å². The van der Waals surface area contributed by atoms with E-state index in [1.807, 2.05) is 0 Å². The van der Waals surface area contributed by atoms with Gasteiger partial charge in [0.25, 0.3) is 0 Å². The number of halogens is 3. The monoisotopic (exact) mass is 265 g/mol. The van der Waals surface area contributed by atoms with Crippen LogP contribution in [-0.2, 0) is 0 Å². The summed E-state index contributed by atoms with van der Waals surface area (Å²) < 4.78 is 38.4. The standard InChI is InChI=1S/C13H22F3NO/c14-13(15,16)10-5-4-7-12(18,9-10)11-6-2-1-3-8-17-11/h10-11,17-18H,1-9H2. The van der Waals surface area contributed by atoms with Gasteiger partial charge in [-0.3, -0.25) is 0 Å². The Balaban J connectivity index is 2.04. The van der Waals surface area contributed by atoms with Crippen LogP contribution in [0, 0.1) is 5.92 Å². The molecule has 2 N–H and O–H groups in total. The van der Waals surface area contributed by atoms with Crippen molar-refractivity contribution in [3.05, 3.63) is 0 Å². The van der Waals surface area contributed by atoms with Crippen LogP contribution in [0.15, 0.2) is 0 Å². The van der Waals surface area contributed by atoms with Gasteiger partial charge in [0, 0.05) is 6.04 Å². The minimum absolute atomic E-state index is 0.131. The molecule has 2 nitrogen and oxygen atoms in total. The normalized spacial score (nSPS) is 39.3. The minimum Gasteiger partial charge on any atom is -0.388 e. The molecule has 18 heavy (non-hydrogen) atoms. The first-order valence-corrected chi connectivity index (χ1v) is 6.94. The topological polar surface area (TPSA) is 32.3 Å². The number of hydrogen-bond acceptors (Lipinski definition) is 2. The van der Waals surface area contributed by atoms with Gasteiger partial charge in [0.05, 0.1) is 11.5 Å². The van der Waals surface area contributed by atoms with Crippen LogP contribution in [-0.4, -0.2) is 29.5 Å². The van der Waals surface area contributed by atoms with Crippen molar-refractivity contribution in [3.63, 3.8) is 0 Å². The van der Waals surface area contributed by atoms with E-state index in [4.69, 9.17) is 0 Å². The van der Waals surface area contributed by atoms with Gasteiger partial charge in [-0.15, -0.1) is 0 Å². The van der Waals surface area contributed by atoms with E-state index >= 15 is 0 Å². The van der Waals surface area contributed by atoms with Crippen LogP contribution in [0.3, 0.4) is 0 Å². The maximum atomic E-state index is 12.8. The zero-order valence-corrected chi connectivity index (χ0v) is 10.6. The highest BCUT2D eigenvalue weighted by Crippen LogP contribution is 2.43. The van der Waals surface area contributed by atoms with Crippen molar-refractivity contribution in [2.75, 3.05) is 6.54 Å². The molecule has 2 fully saturated rings. The molecule has 0 aromatic heterocycles. The molecule has 0 spiro atoms. The van der Waals surface area contributed by atoms with Crippen LogP contribution in [0.5, 0.6) is 0 Å². The van der Waals surface area contributed by atoms with Crippen molar-refractivity contribution in [2.45, 2.75) is 69.2 Å². The summed E-state index contributed by atoms with van der Waals surface area (Å²) in [6, 6.07) is -0.162. The van der Waals surface area contributed by atoms with Crippen LogP contribution in [0.4, 0.5) is 13.2 Å². The lowest BCUT2D eigenvalue weighted by Crippen LogP contribution is -2.54. The summed E-state index contributed by atoms with van der Waals surface area (Å²) in [6.07, 6.45) is 0.775. The van der Waals surface area contributed by atoms with E-state index in [1.165, 1.54) is 0 Å². The minimum atomic E-state index is -4.17. The average molecular weight is 265 g/mol. The Kier molecular flexibility index (Phi) is 4.22. The molecule has 1 aliphatic carbocycles. The van der Waals surface area contributed by atoms with Gasteiger partial charge in [-0.25, -0.2) is 0 Å². The van der Waals surface area contributed by atoms with Crippen molar-refractivity contribution in [1.29, 1.82) is 0 Å². The third-order valence-electron chi connectivity index (χ3n) is 4.43. The Hall–Kier alpha value is -0.290. The van der Waals surface area contributed by atoms with E-state index < -0.39 is 17.7 Å². The number of alkyl halides is 3. The summed E-state index contributed by atoms with van der Waals surface area (Å²) in [5.74, 6) is -1.33. The van der Waals surface area contributed by atoms with Gasteiger partial charge >= 0.3 is 6.18 Å². The summed E-state index contributed by atoms with van der Waals surface area (Å²) in [7, 11) is 0. The molecule has 1 heterocycles. The maximum absolute atomic E-state index is 12.8. The predicted molar refractivity (Wildman–Crippen MR) is 63.2 cm³/mol. The second kappa shape index (κ2) is 5.37. The highest BCUT2D eigenvalue weighted by molar-refractivity contribution is 4.97. The van der Waals surface area contributed by atoms with Gasteiger partial charge in [0.15, 0.2) is 0 Å². The Morgan fingerprint density at radius 2 is 1.83 bits per heavy atom. The van der Waals surface area contributed by atoms with E-state index in [1.54, 1.807) is 0 Å². The largest absolute Gasteiger partial charge is 0.391 e. The molecule has 2 aliphatic rings. The van der Waals surface area contributed by atoms with Gasteiger partial charge in [-0.2, -0.15) is 13.2 Å². The van der Waals surface area contributed by atoms with Gasteiger partial charge in [0.2, 0.25) is 0 Å². The summed E-state index contributed by atoms with van der Waals surface area (Å²) in [5, 5.41) is 13.8. The van der Waals surface area contributed by atoms with E-state index in [-0.39, 0.29) is 18.9 Å².